The van der Waals surface area contributed by atoms with Crippen LogP contribution in [0.3, 0.4) is 0 Å². The van der Waals surface area contributed by atoms with Crippen molar-refractivity contribution in [3.63, 3.8) is 0 Å². The van der Waals surface area contributed by atoms with Gasteiger partial charge in [-0.1, -0.05) is 12.1 Å². The molecule has 0 bridgehead atoms. The lowest BCUT2D eigenvalue weighted by Gasteiger charge is -1.90. The van der Waals surface area contributed by atoms with Crippen LogP contribution in [0.25, 0.3) is 0 Å². The van der Waals surface area contributed by atoms with E-state index >= 15 is 0 Å². The standard InChI is InChI=1S/C6H6N2O2S.ClH/c9-11(10)7-5-3-1-2-4-6(5)8-11;/h1-4,7-8H;1H. The van der Waals surface area contributed by atoms with Crippen molar-refractivity contribution in [1.82, 2.24) is 0 Å². The van der Waals surface area contributed by atoms with E-state index in [-0.39, 0.29) is 12.4 Å². The van der Waals surface area contributed by atoms with Crippen molar-refractivity contribution < 1.29 is 8.42 Å². The van der Waals surface area contributed by atoms with Crippen LogP contribution in [0.1, 0.15) is 0 Å². The fourth-order valence-electron chi connectivity index (χ4n) is 0.976. The molecule has 0 fully saturated rings. The van der Waals surface area contributed by atoms with Crippen LogP contribution in [0, 0.1) is 0 Å². The molecule has 0 spiro atoms. The van der Waals surface area contributed by atoms with Crippen LogP contribution < -0.4 is 9.44 Å². The molecule has 1 aromatic rings. The summed E-state index contributed by atoms with van der Waals surface area (Å²) in [5.74, 6) is 0. The van der Waals surface area contributed by atoms with E-state index in [1.165, 1.54) is 0 Å². The first kappa shape index (κ1) is 9.15. The Balaban J connectivity index is 0.000000720. The Hall–Kier alpha value is -0.940. The number of fused-ring (bicyclic) bond motifs is 1. The molecule has 2 N–H and O–H groups in total. The summed E-state index contributed by atoms with van der Waals surface area (Å²) in [6.07, 6.45) is 0. The lowest BCUT2D eigenvalue weighted by Crippen LogP contribution is -2.12. The van der Waals surface area contributed by atoms with E-state index < -0.39 is 10.2 Å². The first-order valence-corrected chi connectivity index (χ1v) is 4.55. The minimum Gasteiger partial charge on any atom is -0.265 e. The highest BCUT2D eigenvalue weighted by molar-refractivity contribution is 7.94. The SMILES string of the molecule is Cl.O=S1(=O)Nc2ccccc2N1. The molecule has 0 saturated heterocycles. The molecule has 0 saturated carbocycles. The molecule has 0 unspecified atom stereocenters. The summed E-state index contributed by atoms with van der Waals surface area (Å²) < 4.78 is 26.4. The van der Waals surface area contributed by atoms with Crippen LogP contribution in [0.4, 0.5) is 11.4 Å². The van der Waals surface area contributed by atoms with Gasteiger partial charge in [-0.25, -0.2) is 0 Å². The number of nitrogens with one attached hydrogen (secondary N) is 2. The predicted octanol–water partition coefficient (Wildman–Crippen LogP) is 1.19. The number of benzene rings is 1. The van der Waals surface area contributed by atoms with Crippen LogP contribution in [-0.2, 0) is 10.2 Å². The smallest absolute Gasteiger partial charge is 0.265 e. The maximum Gasteiger partial charge on any atom is 0.321 e. The molecular weight excluding hydrogens is 200 g/mol. The summed E-state index contributed by atoms with van der Waals surface area (Å²) >= 11 is 0. The molecule has 0 aromatic heterocycles. The number of hydrogen-bond donors (Lipinski definition) is 2. The molecule has 0 radical (unpaired) electrons. The van der Waals surface area contributed by atoms with Crippen LogP contribution in [-0.4, -0.2) is 8.42 Å². The van der Waals surface area contributed by atoms with Gasteiger partial charge in [0.15, 0.2) is 0 Å². The van der Waals surface area contributed by atoms with Crippen molar-refractivity contribution in [2.75, 3.05) is 9.44 Å². The van der Waals surface area contributed by atoms with Gasteiger partial charge >= 0.3 is 10.2 Å². The summed E-state index contributed by atoms with van der Waals surface area (Å²) in [4.78, 5) is 0. The fraction of sp³-hybridized carbons (Fsp3) is 0. The van der Waals surface area contributed by atoms with Crippen LogP contribution in [0.5, 0.6) is 0 Å². The van der Waals surface area contributed by atoms with Crippen molar-refractivity contribution in [3.8, 4) is 0 Å². The van der Waals surface area contributed by atoms with E-state index in [4.69, 9.17) is 0 Å². The van der Waals surface area contributed by atoms with Crippen molar-refractivity contribution in [3.05, 3.63) is 24.3 Å². The highest BCUT2D eigenvalue weighted by Gasteiger charge is 2.20. The van der Waals surface area contributed by atoms with E-state index in [9.17, 15) is 8.42 Å². The Morgan fingerprint density at radius 1 is 1.00 bits per heavy atom. The highest BCUT2D eigenvalue weighted by atomic mass is 35.5. The largest absolute Gasteiger partial charge is 0.321 e. The molecule has 0 aliphatic carbocycles. The Morgan fingerprint density at radius 2 is 1.42 bits per heavy atom. The zero-order chi connectivity index (χ0) is 7.90. The number of anilines is 2. The Kier molecular flexibility index (Phi) is 2.16. The van der Waals surface area contributed by atoms with Crippen LogP contribution >= 0.6 is 12.4 Å². The summed E-state index contributed by atoms with van der Waals surface area (Å²) in [7, 11) is -3.31. The zero-order valence-corrected chi connectivity index (χ0v) is 7.58. The van der Waals surface area contributed by atoms with Crippen molar-refractivity contribution in [2.45, 2.75) is 0 Å². The van der Waals surface area contributed by atoms with Crippen molar-refractivity contribution in [2.24, 2.45) is 0 Å². The summed E-state index contributed by atoms with van der Waals surface area (Å²) in [5.41, 5.74) is 1.21. The normalized spacial score (nSPS) is 16.7. The van der Waals surface area contributed by atoms with E-state index in [2.05, 4.69) is 9.44 Å². The Bertz CT molecular complexity index is 359. The van der Waals surface area contributed by atoms with E-state index in [0.717, 1.165) is 0 Å². The van der Waals surface area contributed by atoms with Crippen molar-refractivity contribution >= 4 is 34.0 Å². The second-order valence-electron chi connectivity index (χ2n) is 2.25. The topological polar surface area (TPSA) is 58.2 Å². The molecule has 0 amide bonds. The van der Waals surface area contributed by atoms with Gasteiger partial charge in [0.05, 0.1) is 11.4 Å². The van der Waals surface area contributed by atoms with Crippen LogP contribution in [0.2, 0.25) is 0 Å². The highest BCUT2D eigenvalue weighted by Crippen LogP contribution is 2.28. The average molecular weight is 207 g/mol. The monoisotopic (exact) mass is 206 g/mol. The van der Waals surface area contributed by atoms with Gasteiger partial charge in [0.1, 0.15) is 0 Å². The third kappa shape index (κ3) is 1.46. The molecule has 4 nitrogen and oxygen atoms in total. The quantitative estimate of drug-likeness (QED) is 0.670. The molecule has 12 heavy (non-hydrogen) atoms. The van der Waals surface area contributed by atoms with Gasteiger partial charge in [-0.3, -0.25) is 9.44 Å². The third-order valence-corrected chi connectivity index (χ3v) is 2.39. The predicted molar refractivity (Wildman–Crippen MR) is 49.9 cm³/mol. The second-order valence-corrected chi connectivity index (χ2v) is 3.67. The number of hydrogen-bond acceptors (Lipinski definition) is 2. The zero-order valence-electron chi connectivity index (χ0n) is 5.94. The molecule has 1 aliphatic heterocycles. The van der Waals surface area contributed by atoms with Crippen molar-refractivity contribution in [1.29, 1.82) is 0 Å². The molecule has 0 atom stereocenters. The number of rotatable bonds is 0. The first-order valence-electron chi connectivity index (χ1n) is 3.07. The molecule has 6 heteroatoms. The fourth-order valence-corrected chi connectivity index (χ4v) is 1.96. The molecular formula is C6H7ClN2O2S. The Labute approximate surface area is 76.6 Å². The van der Waals surface area contributed by atoms with Crippen LogP contribution in [0.15, 0.2) is 24.3 Å². The summed E-state index contributed by atoms with van der Waals surface area (Å²) in [5, 5.41) is 0. The van der Waals surface area contributed by atoms with E-state index in [1.54, 1.807) is 24.3 Å². The lowest BCUT2D eigenvalue weighted by atomic mass is 10.3. The minimum absolute atomic E-state index is 0. The number of para-hydroxylation sites is 2. The summed E-state index contributed by atoms with van der Waals surface area (Å²) in [6.45, 7) is 0. The maximum atomic E-state index is 10.9. The van der Waals surface area contributed by atoms with E-state index in [1.807, 2.05) is 0 Å². The van der Waals surface area contributed by atoms with Gasteiger partial charge < -0.3 is 0 Å². The average Bonchev–Trinajstić information content (AvgIpc) is 2.21. The minimum atomic E-state index is -3.31. The molecule has 1 heterocycles. The van der Waals surface area contributed by atoms with Gasteiger partial charge in [-0.2, -0.15) is 8.42 Å². The lowest BCUT2D eigenvalue weighted by molar-refractivity contribution is 0.607. The summed E-state index contributed by atoms with van der Waals surface area (Å²) in [6, 6.07) is 6.95. The molecule has 2 rings (SSSR count). The number of halogens is 1. The molecule has 1 aromatic carbocycles. The molecule has 66 valence electrons. The van der Waals surface area contributed by atoms with Gasteiger partial charge in [0.2, 0.25) is 0 Å². The van der Waals surface area contributed by atoms with Gasteiger partial charge in [0, 0.05) is 0 Å². The Morgan fingerprint density at radius 3 is 1.83 bits per heavy atom. The van der Waals surface area contributed by atoms with Gasteiger partial charge in [0.25, 0.3) is 0 Å². The first-order chi connectivity index (χ1) is 5.17. The van der Waals surface area contributed by atoms with Gasteiger partial charge in [-0.15, -0.1) is 12.4 Å². The maximum absolute atomic E-state index is 10.9. The molecule has 1 aliphatic rings. The third-order valence-electron chi connectivity index (χ3n) is 1.42. The van der Waals surface area contributed by atoms with E-state index in [0.29, 0.717) is 11.4 Å². The van der Waals surface area contributed by atoms with Gasteiger partial charge in [-0.05, 0) is 12.1 Å². The second kappa shape index (κ2) is 2.84.